The Hall–Kier alpha value is -3.60. The van der Waals surface area contributed by atoms with E-state index in [0.717, 1.165) is 39.1 Å². The van der Waals surface area contributed by atoms with Crippen LogP contribution in [-0.4, -0.2) is 16.9 Å². The van der Waals surface area contributed by atoms with E-state index in [-0.39, 0.29) is 29.1 Å². The number of carbonyl (C=O) groups is 2. The van der Waals surface area contributed by atoms with Gasteiger partial charge in [0.05, 0.1) is 0 Å². The molecular weight excluding hydrogens is 472 g/mol. The summed E-state index contributed by atoms with van der Waals surface area (Å²) in [6.45, 7) is 16.3. The van der Waals surface area contributed by atoms with E-state index < -0.39 is 6.04 Å². The number of hydrogen-bond acceptors (Lipinski definition) is 3. The molecule has 1 atom stereocenters. The molecule has 3 N–H and O–H groups in total. The highest BCUT2D eigenvalue weighted by molar-refractivity contribution is 5.99. The largest absolute Gasteiger partial charge is 0.507 e. The van der Waals surface area contributed by atoms with Crippen molar-refractivity contribution < 1.29 is 14.7 Å². The van der Waals surface area contributed by atoms with E-state index in [1.165, 1.54) is 0 Å². The highest BCUT2D eigenvalue weighted by Gasteiger charge is 2.27. The van der Waals surface area contributed by atoms with Gasteiger partial charge in [0.15, 0.2) is 0 Å². The first kappa shape index (κ1) is 29.0. The molecule has 0 aliphatic heterocycles. The molecule has 0 aliphatic carbocycles. The summed E-state index contributed by atoms with van der Waals surface area (Å²) in [5, 5.41) is 17.0. The Bertz CT molecular complexity index is 1240. The Kier molecular flexibility index (Phi) is 8.71. The summed E-state index contributed by atoms with van der Waals surface area (Å²) < 4.78 is 0. The lowest BCUT2D eigenvalue weighted by molar-refractivity contribution is -0.126. The molecule has 3 rings (SSSR count). The van der Waals surface area contributed by atoms with Crippen LogP contribution in [0, 0.1) is 13.8 Å². The van der Waals surface area contributed by atoms with Gasteiger partial charge in [0.25, 0.3) is 5.91 Å². The minimum Gasteiger partial charge on any atom is -0.507 e. The van der Waals surface area contributed by atoms with Crippen LogP contribution in [0.25, 0.3) is 0 Å². The second-order valence-electron chi connectivity index (χ2n) is 12.2. The number of phenolic OH excluding ortho intramolecular Hbond substituents is 1. The molecule has 0 spiro atoms. The fourth-order valence-corrected chi connectivity index (χ4v) is 4.63. The van der Waals surface area contributed by atoms with Crippen LogP contribution in [0.5, 0.6) is 5.75 Å². The van der Waals surface area contributed by atoms with Gasteiger partial charge in [-0.2, -0.15) is 0 Å². The summed E-state index contributed by atoms with van der Waals surface area (Å²) in [5.41, 5.74) is 5.66. The van der Waals surface area contributed by atoms with Crippen molar-refractivity contribution in [1.29, 1.82) is 0 Å². The van der Waals surface area contributed by atoms with Crippen molar-refractivity contribution in [2.75, 3.05) is 5.32 Å². The van der Waals surface area contributed by atoms with Crippen molar-refractivity contribution in [3.63, 3.8) is 0 Å². The molecule has 0 radical (unpaired) electrons. The van der Waals surface area contributed by atoms with Gasteiger partial charge in [0, 0.05) is 12.1 Å². The van der Waals surface area contributed by atoms with Gasteiger partial charge in [0.1, 0.15) is 11.8 Å². The molecule has 2 amide bonds. The van der Waals surface area contributed by atoms with Crippen molar-refractivity contribution >= 4 is 17.5 Å². The van der Waals surface area contributed by atoms with Crippen molar-refractivity contribution in [1.82, 2.24) is 5.32 Å². The van der Waals surface area contributed by atoms with Crippen LogP contribution in [0.2, 0.25) is 0 Å². The predicted molar refractivity (Wildman–Crippen MR) is 156 cm³/mol. The number of para-hydroxylation sites is 1. The molecule has 0 saturated heterocycles. The average molecular weight is 515 g/mol. The second-order valence-corrected chi connectivity index (χ2v) is 12.2. The number of amides is 2. The van der Waals surface area contributed by atoms with Gasteiger partial charge in [-0.25, -0.2) is 0 Å². The number of rotatable bonds is 7. The summed E-state index contributed by atoms with van der Waals surface area (Å²) in [7, 11) is 0. The lowest BCUT2D eigenvalue weighted by atomic mass is 9.78. The molecule has 0 saturated carbocycles. The smallest absolute Gasteiger partial charge is 0.251 e. The summed E-state index contributed by atoms with van der Waals surface area (Å²) >= 11 is 0. The third-order valence-corrected chi connectivity index (χ3v) is 6.86. The highest BCUT2D eigenvalue weighted by Crippen LogP contribution is 2.40. The first-order valence-corrected chi connectivity index (χ1v) is 13.3. The van der Waals surface area contributed by atoms with Gasteiger partial charge >= 0.3 is 0 Å². The monoisotopic (exact) mass is 514 g/mol. The first-order chi connectivity index (χ1) is 17.7. The quantitative estimate of drug-likeness (QED) is 0.317. The van der Waals surface area contributed by atoms with Crippen LogP contribution in [-0.2, 0) is 26.8 Å². The van der Waals surface area contributed by atoms with Gasteiger partial charge in [-0.15, -0.1) is 0 Å². The van der Waals surface area contributed by atoms with Crippen molar-refractivity contribution in [3.05, 3.63) is 94.0 Å². The number of nitrogens with one attached hydrogen (secondary N) is 2. The third-order valence-electron chi connectivity index (χ3n) is 6.86. The van der Waals surface area contributed by atoms with E-state index >= 15 is 0 Å². The number of hydrogen-bond donors (Lipinski definition) is 3. The molecule has 1 unspecified atom stereocenters. The Morgan fingerprint density at radius 2 is 1.34 bits per heavy atom. The summed E-state index contributed by atoms with van der Waals surface area (Å²) in [6.07, 6.45) is 0.719. The minimum absolute atomic E-state index is 0.210. The summed E-state index contributed by atoms with van der Waals surface area (Å²) in [6, 6.07) is 18.3. The van der Waals surface area contributed by atoms with Crippen molar-refractivity contribution in [2.45, 2.75) is 85.1 Å². The van der Waals surface area contributed by atoms with Crippen LogP contribution in [0.4, 0.5) is 5.69 Å². The minimum atomic E-state index is -0.821. The number of anilines is 1. The molecule has 0 bridgehead atoms. The fraction of sp³-hybridized carbons (Fsp3) is 0.394. The third kappa shape index (κ3) is 7.03. The number of carbonyl (C=O) groups excluding carboxylic acids is 2. The molecule has 5 heteroatoms. The van der Waals surface area contributed by atoms with E-state index in [1.54, 1.807) is 0 Å². The molecule has 38 heavy (non-hydrogen) atoms. The molecule has 3 aromatic rings. The lowest BCUT2D eigenvalue weighted by Crippen LogP contribution is -2.37. The van der Waals surface area contributed by atoms with Crippen molar-refractivity contribution in [2.24, 2.45) is 0 Å². The number of benzene rings is 3. The lowest BCUT2D eigenvalue weighted by Gasteiger charge is -2.28. The Labute approximate surface area is 227 Å². The molecule has 0 aromatic heterocycles. The molecular formula is C33H42N2O3. The summed E-state index contributed by atoms with van der Waals surface area (Å²) in [4.78, 5) is 26.6. The maximum absolute atomic E-state index is 13.4. The molecule has 202 valence electrons. The molecule has 5 nitrogen and oxygen atoms in total. The van der Waals surface area contributed by atoms with Crippen LogP contribution in [0.1, 0.15) is 87.4 Å². The number of aryl methyl sites for hydroxylation is 3. The average Bonchev–Trinajstić information content (AvgIpc) is 2.83. The van der Waals surface area contributed by atoms with Gasteiger partial charge in [0.2, 0.25) is 5.91 Å². The zero-order valence-corrected chi connectivity index (χ0v) is 24.0. The van der Waals surface area contributed by atoms with Crippen LogP contribution < -0.4 is 10.6 Å². The zero-order chi connectivity index (χ0) is 28.3. The van der Waals surface area contributed by atoms with Crippen molar-refractivity contribution in [3.8, 4) is 5.75 Å². The maximum Gasteiger partial charge on any atom is 0.251 e. The normalized spacial score (nSPS) is 12.6. The zero-order valence-electron chi connectivity index (χ0n) is 24.0. The van der Waals surface area contributed by atoms with E-state index in [1.807, 2.05) is 74.5 Å². The Morgan fingerprint density at radius 3 is 1.84 bits per heavy atom. The second kappa shape index (κ2) is 11.4. The SMILES string of the molecule is Cc1cccc(C)c1NC(=O)C(NC(=O)CCc1cc(C(C)(C)C)c(O)c(C(C)(C)C)c1)c1ccccc1. The van der Waals surface area contributed by atoms with Crippen LogP contribution >= 0.6 is 0 Å². The number of aromatic hydroxyl groups is 1. The van der Waals surface area contributed by atoms with Gasteiger partial charge in [-0.05, 0) is 64.5 Å². The predicted octanol–water partition coefficient (Wildman–Crippen LogP) is 7.03. The van der Waals surface area contributed by atoms with E-state index in [9.17, 15) is 14.7 Å². The topological polar surface area (TPSA) is 78.4 Å². The number of phenols is 1. The van der Waals surface area contributed by atoms with Gasteiger partial charge < -0.3 is 15.7 Å². The van der Waals surface area contributed by atoms with Gasteiger partial charge in [-0.1, -0.05) is 102 Å². The fourth-order valence-electron chi connectivity index (χ4n) is 4.63. The Morgan fingerprint density at radius 1 is 0.816 bits per heavy atom. The summed E-state index contributed by atoms with van der Waals surface area (Å²) in [5.74, 6) is -0.166. The molecule has 0 aliphatic rings. The van der Waals surface area contributed by atoms with E-state index in [0.29, 0.717) is 12.2 Å². The van der Waals surface area contributed by atoms with Gasteiger partial charge in [-0.3, -0.25) is 9.59 Å². The highest BCUT2D eigenvalue weighted by atomic mass is 16.3. The van der Waals surface area contributed by atoms with E-state index in [4.69, 9.17) is 0 Å². The van der Waals surface area contributed by atoms with Crippen LogP contribution in [0.3, 0.4) is 0 Å². The van der Waals surface area contributed by atoms with Crippen LogP contribution in [0.15, 0.2) is 60.7 Å². The molecule has 0 heterocycles. The Balaban J connectivity index is 1.83. The van der Waals surface area contributed by atoms with E-state index in [2.05, 4.69) is 52.2 Å². The standard InChI is InChI=1S/C33H42N2O3/c1-21-13-12-14-22(2)28(21)35-31(38)29(24-15-10-9-11-16-24)34-27(36)18-17-23-19-25(32(3,4)5)30(37)26(20-23)33(6,7)8/h9-16,19-20,29,37H,17-18H2,1-8H3,(H,34,36)(H,35,38). The maximum atomic E-state index is 13.4. The molecule has 3 aromatic carbocycles. The molecule has 0 fully saturated rings. The first-order valence-electron chi connectivity index (χ1n) is 13.3.